The van der Waals surface area contributed by atoms with Crippen LogP contribution < -0.4 is 4.72 Å². The van der Waals surface area contributed by atoms with E-state index in [9.17, 15) is 8.42 Å². The molecule has 14 heavy (non-hydrogen) atoms. The minimum Gasteiger partial charge on any atom is -0.382 e. The van der Waals surface area contributed by atoms with Gasteiger partial charge in [-0.15, -0.1) is 0 Å². The molecule has 0 rings (SSSR count). The predicted molar refractivity (Wildman–Crippen MR) is 54.7 cm³/mol. The van der Waals surface area contributed by atoms with Crippen LogP contribution in [-0.2, 0) is 19.5 Å². The molecule has 5 nitrogen and oxygen atoms in total. The summed E-state index contributed by atoms with van der Waals surface area (Å²) >= 11 is 0. The van der Waals surface area contributed by atoms with Gasteiger partial charge in [0, 0.05) is 20.8 Å². The largest absolute Gasteiger partial charge is 0.382 e. The Morgan fingerprint density at radius 3 is 2.21 bits per heavy atom. The number of methoxy groups -OCH3 is 2. The quantitative estimate of drug-likeness (QED) is 0.661. The van der Waals surface area contributed by atoms with Crippen molar-refractivity contribution in [2.24, 2.45) is 0 Å². The lowest BCUT2D eigenvalue weighted by Crippen LogP contribution is -2.38. The van der Waals surface area contributed by atoms with Crippen LogP contribution in [0.5, 0.6) is 0 Å². The molecule has 0 bridgehead atoms. The van der Waals surface area contributed by atoms with E-state index in [4.69, 9.17) is 9.47 Å². The summed E-state index contributed by atoms with van der Waals surface area (Å²) in [6, 6.07) is 0. The van der Waals surface area contributed by atoms with Gasteiger partial charge in [0.2, 0.25) is 10.0 Å². The lowest BCUT2D eigenvalue weighted by Gasteiger charge is -2.16. The molecule has 1 N–H and O–H groups in total. The van der Waals surface area contributed by atoms with Gasteiger partial charge >= 0.3 is 0 Å². The molecule has 0 amide bonds. The molecule has 0 saturated heterocycles. The van der Waals surface area contributed by atoms with Crippen molar-refractivity contribution in [1.82, 2.24) is 4.72 Å². The Labute approximate surface area is 85.8 Å². The third-order valence-electron chi connectivity index (χ3n) is 1.82. The van der Waals surface area contributed by atoms with E-state index in [1.54, 1.807) is 21.0 Å². The van der Waals surface area contributed by atoms with Crippen LogP contribution in [-0.4, -0.2) is 47.1 Å². The standard InChI is InChI=1S/C8H19NO4S/c1-7(2)14(10,11)9-5-8(13-4)6-12-3/h7-9H,5-6H2,1-4H3. The van der Waals surface area contributed by atoms with Crippen molar-refractivity contribution in [2.45, 2.75) is 25.2 Å². The van der Waals surface area contributed by atoms with E-state index in [0.717, 1.165) is 0 Å². The number of nitrogens with one attached hydrogen (secondary N) is 1. The number of hydrogen-bond acceptors (Lipinski definition) is 4. The van der Waals surface area contributed by atoms with Gasteiger partial charge in [-0.25, -0.2) is 13.1 Å². The molecule has 0 aliphatic rings. The van der Waals surface area contributed by atoms with Crippen LogP contribution in [0.25, 0.3) is 0 Å². The summed E-state index contributed by atoms with van der Waals surface area (Å²) in [5.41, 5.74) is 0. The molecule has 0 aliphatic carbocycles. The molecule has 0 aliphatic heterocycles. The Hall–Kier alpha value is -0.170. The van der Waals surface area contributed by atoms with Crippen LogP contribution in [0.2, 0.25) is 0 Å². The first kappa shape index (κ1) is 13.8. The Bertz CT molecular complexity index is 238. The average molecular weight is 225 g/mol. The maximum Gasteiger partial charge on any atom is 0.214 e. The molecular formula is C8H19NO4S. The van der Waals surface area contributed by atoms with Gasteiger partial charge in [-0.1, -0.05) is 0 Å². The second-order valence-electron chi connectivity index (χ2n) is 3.26. The maximum absolute atomic E-state index is 11.3. The maximum atomic E-state index is 11.3. The van der Waals surface area contributed by atoms with Crippen LogP contribution in [0.15, 0.2) is 0 Å². The van der Waals surface area contributed by atoms with E-state index in [2.05, 4.69) is 4.72 Å². The number of ether oxygens (including phenoxy) is 2. The number of rotatable bonds is 7. The average Bonchev–Trinajstić information content (AvgIpc) is 2.12. The Morgan fingerprint density at radius 1 is 1.29 bits per heavy atom. The molecular weight excluding hydrogens is 206 g/mol. The van der Waals surface area contributed by atoms with Gasteiger partial charge in [-0.2, -0.15) is 0 Å². The van der Waals surface area contributed by atoms with Crippen molar-refractivity contribution >= 4 is 10.0 Å². The van der Waals surface area contributed by atoms with Gasteiger partial charge in [0.15, 0.2) is 0 Å². The minimum atomic E-state index is -3.21. The summed E-state index contributed by atoms with van der Waals surface area (Å²) in [5, 5.41) is -0.428. The first-order valence-corrected chi connectivity index (χ1v) is 5.99. The Kier molecular flexibility index (Phi) is 6.26. The highest BCUT2D eigenvalue weighted by atomic mass is 32.2. The van der Waals surface area contributed by atoms with Gasteiger partial charge < -0.3 is 9.47 Å². The highest BCUT2D eigenvalue weighted by Gasteiger charge is 2.17. The van der Waals surface area contributed by atoms with Crippen molar-refractivity contribution in [3.8, 4) is 0 Å². The summed E-state index contributed by atoms with van der Waals surface area (Å²) in [7, 11) is -0.141. The molecule has 0 spiro atoms. The van der Waals surface area contributed by atoms with Crippen LogP contribution in [0, 0.1) is 0 Å². The van der Waals surface area contributed by atoms with Crippen LogP contribution in [0.3, 0.4) is 0 Å². The lowest BCUT2D eigenvalue weighted by molar-refractivity contribution is 0.0319. The molecule has 0 aromatic rings. The summed E-state index contributed by atoms with van der Waals surface area (Å²) in [6.07, 6.45) is -0.242. The zero-order valence-electron chi connectivity index (χ0n) is 9.11. The fourth-order valence-electron chi connectivity index (χ4n) is 0.772. The van der Waals surface area contributed by atoms with Crippen molar-refractivity contribution in [3.05, 3.63) is 0 Å². The fraction of sp³-hybridized carbons (Fsp3) is 1.00. The van der Waals surface area contributed by atoms with E-state index in [-0.39, 0.29) is 12.6 Å². The highest BCUT2D eigenvalue weighted by Crippen LogP contribution is 1.97. The number of sulfonamides is 1. The molecule has 0 saturated carbocycles. The van der Waals surface area contributed by atoms with Gasteiger partial charge in [0.1, 0.15) is 0 Å². The molecule has 0 aromatic heterocycles. The molecule has 1 unspecified atom stereocenters. The van der Waals surface area contributed by atoms with Crippen LogP contribution >= 0.6 is 0 Å². The second-order valence-corrected chi connectivity index (χ2v) is 5.58. The lowest BCUT2D eigenvalue weighted by atomic mass is 10.4. The normalized spacial score (nSPS) is 14.6. The number of hydrogen-bond donors (Lipinski definition) is 1. The van der Waals surface area contributed by atoms with E-state index in [0.29, 0.717) is 6.61 Å². The fourth-order valence-corrected chi connectivity index (χ4v) is 1.52. The van der Waals surface area contributed by atoms with Crippen molar-refractivity contribution in [1.29, 1.82) is 0 Å². The summed E-state index contributed by atoms with van der Waals surface area (Å²) in [6.45, 7) is 3.86. The SMILES string of the molecule is COCC(CNS(=O)(=O)C(C)C)OC. The van der Waals surface area contributed by atoms with Crippen molar-refractivity contribution < 1.29 is 17.9 Å². The zero-order chi connectivity index (χ0) is 11.2. The first-order chi connectivity index (χ1) is 6.44. The predicted octanol–water partition coefficient (Wildman–Crippen LogP) is -0.0244. The smallest absolute Gasteiger partial charge is 0.214 e. The third kappa shape index (κ3) is 4.90. The molecule has 1 atom stereocenters. The van der Waals surface area contributed by atoms with E-state index in [1.165, 1.54) is 7.11 Å². The van der Waals surface area contributed by atoms with E-state index >= 15 is 0 Å². The Morgan fingerprint density at radius 2 is 1.86 bits per heavy atom. The zero-order valence-corrected chi connectivity index (χ0v) is 9.93. The summed E-state index contributed by atoms with van der Waals surface area (Å²) in [4.78, 5) is 0. The van der Waals surface area contributed by atoms with Crippen molar-refractivity contribution in [2.75, 3.05) is 27.4 Å². The van der Waals surface area contributed by atoms with Gasteiger partial charge in [-0.3, -0.25) is 0 Å². The third-order valence-corrected chi connectivity index (χ3v) is 3.63. The first-order valence-electron chi connectivity index (χ1n) is 4.44. The molecule has 0 aromatic carbocycles. The van der Waals surface area contributed by atoms with E-state index < -0.39 is 15.3 Å². The van der Waals surface area contributed by atoms with E-state index in [1.807, 2.05) is 0 Å². The molecule has 0 fully saturated rings. The molecule has 6 heteroatoms. The molecule has 0 heterocycles. The van der Waals surface area contributed by atoms with Crippen molar-refractivity contribution in [3.63, 3.8) is 0 Å². The van der Waals surface area contributed by atoms with Gasteiger partial charge in [0.05, 0.1) is 18.0 Å². The summed E-state index contributed by atoms with van der Waals surface area (Å²) in [5.74, 6) is 0. The van der Waals surface area contributed by atoms with Crippen LogP contribution in [0.1, 0.15) is 13.8 Å². The minimum absolute atomic E-state index is 0.241. The molecule has 86 valence electrons. The topological polar surface area (TPSA) is 64.6 Å². The summed E-state index contributed by atoms with van der Waals surface area (Å²) < 4.78 is 35.0. The van der Waals surface area contributed by atoms with Crippen LogP contribution in [0.4, 0.5) is 0 Å². The molecule has 0 radical (unpaired) electrons. The Balaban J connectivity index is 4.03. The highest BCUT2D eigenvalue weighted by molar-refractivity contribution is 7.90. The van der Waals surface area contributed by atoms with Gasteiger partial charge in [-0.05, 0) is 13.8 Å². The second kappa shape index (κ2) is 6.34. The van der Waals surface area contributed by atoms with Gasteiger partial charge in [0.25, 0.3) is 0 Å². The monoisotopic (exact) mass is 225 g/mol.